The van der Waals surface area contributed by atoms with Gasteiger partial charge in [0.2, 0.25) is 0 Å². The molecule has 2 heterocycles. The molecule has 0 amide bonds. The highest BCUT2D eigenvalue weighted by Crippen LogP contribution is 2.19. The average molecular weight is 346 g/mol. The first-order valence-electron chi connectivity index (χ1n) is 4.74. The molecule has 0 bridgehead atoms. The second kappa shape index (κ2) is 5.56. The van der Waals surface area contributed by atoms with Gasteiger partial charge in [0.25, 0.3) is 0 Å². The minimum atomic E-state index is 0.703. The van der Waals surface area contributed by atoms with Crippen LogP contribution in [0.1, 0.15) is 11.5 Å². The smallest absolute Gasteiger partial charge is 0.120 e. The van der Waals surface area contributed by atoms with Crippen molar-refractivity contribution in [3.63, 3.8) is 0 Å². The number of halogens is 2. The third-order valence-electron chi connectivity index (χ3n) is 2.02. The van der Waals surface area contributed by atoms with Crippen LogP contribution in [-0.2, 0) is 13.1 Å². The molecular weight excluding hydrogens is 336 g/mol. The van der Waals surface area contributed by atoms with Crippen molar-refractivity contribution in [2.45, 2.75) is 13.1 Å². The lowest BCUT2D eigenvalue weighted by Gasteiger charge is -2.05. The molecule has 0 saturated heterocycles. The van der Waals surface area contributed by atoms with Gasteiger partial charge in [-0.3, -0.25) is 4.98 Å². The van der Waals surface area contributed by atoms with E-state index < -0.39 is 0 Å². The first-order chi connectivity index (χ1) is 7.75. The molecule has 0 unspecified atom stereocenters. The Bertz CT molecular complexity index is 456. The van der Waals surface area contributed by atoms with Crippen LogP contribution in [-0.4, -0.2) is 15.0 Å². The molecule has 2 N–H and O–H groups in total. The van der Waals surface area contributed by atoms with Gasteiger partial charge in [-0.25, -0.2) is 4.98 Å². The summed E-state index contributed by atoms with van der Waals surface area (Å²) in [4.78, 5) is 11.5. The van der Waals surface area contributed by atoms with Gasteiger partial charge in [0, 0.05) is 34.1 Å². The number of rotatable bonds is 4. The number of hydrogen-bond acceptors (Lipinski definition) is 3. The highest BCUT2D eigenvalue weighted by Gasteiger charge is 2.02. The third-order valence-corrected chi connectivity index (χ3v) is 3.14. The Kier molecular flexibility index (Phi) is 4.09. The zero-order valence-electron chi connectivity index (χ0n) is 8.37. The van der Waals surface area contributed by atoms with Crippen molar-refractivity contribution < 1.29 is 0 Å². The minimum absolute atomic E-state index is 0.703. The maximum absolute atomic E-state index is 4.31. The summed E-state index contributed by atoms with van der Waals surface area (Å²) in [5.74, 6) is 0.924. The highest BCUT2D eigenvalue weighted by atomic mass is 79.9. The molecule has 6 heteroatoms. The second-order valence-corrected chi connectivity index (χ2v) is 4.99. The van der Waals surface area contributed by atoms with E-state index in [2.05, 4.69) is 52.1 Å². The lowest BCUT2D eigenvalue weighted by atomic mass is 10.3. The summed E-state index contributed by atoms with van der Waals surface area (Å²) in [6, 6.07) is 1.98. The molecule has 16 heavy (non-hydrogen) atoms. The molecule has 0 aliphatic carbocycles. The van der Waals surface area contributed by atoms with E-state index in [1.54, 1.807) is 12.4 Å². The van der Waals surface area contributed by atoms with E-state index in [9.17, 15) is 0 Å². The molecule has 0 fully saturated rings. The average Bonchev–Trinajstić information content (AvgIpc) is 2.74. The van der Waals surface area contributed by atoms with Gasteiger partial charge < -0.3 is 10.3 Å². The van der Waals surface area contributed by atoms with Gasteiger partial charge in [-0.2, -0.15) is 0 Å². The van der Waals surface area contributed by atoms with Gasteiger partial charge >= 0.3 is 0 Å². The number of pyridine rings is 1. The minimum Gasteiger partial charge on any atom is -0.348 e. The molecule has 2 aromatic rings. The lowest BCUT2D eigenvalue weighted by Crippen LogP contribution is -2.15. The number of nitrogens with one attached hydrogen (secondary N) is 2. The molecule has 0 atom stereocenters. The monoisotopic (exact) mass is 344 g/mol. The number of H-pyrrole nitrogens is 1. The Labute approximate surface area is 110 Å². The van der Waals surface area contributed by atoms with E-state index >= 15 is 0 Å². The van der Waals surface area contributed by atoms with Gasteiger partial charge in [0.05, 0.1) is 12.2 Å². The van der Waals surface area contributed by atoms with Crippen molar-refractivity contribution in [1.29, 1.82) is 0 Å². The van der Waals surface area contributed by atoms with Gasteiger partial charge in [0.15, 0.2) is 0 Å². The van der Waals surface area contributed by atoms with Crippen LogP contribution < -0.4 is 5.32 Å². The van der Waals surface area contributed by atoms with Crippen LogP contribution in [0.4, 0.5) is 0 Å². The van der Waals surface area contributed by atoms with E-state index in [1.165, 1.54) is 0 Å². The lowest BCUT2D eigenvalue weighted by molar-refractivity contribution is 0.655. The number of nitrogens with zero attached hydrogens (tertiary/aromatic N) is 2. The molecule has 0 spiro atoms. The first-order valence-corrected chi connectivity index (χ1v) is 6.33. The molecule has 2 rings (SSSR count). The molecule has 0 saturated carbocycles. The maximum atomic E-state index is 4.31. The van der Waals surface area contributed by atoms with E-state index in [-0.39, 0.29) is 0 Å². The number of aromatic nitrogens is 3. The Balaban J connectivity index is 1.90. The molecule has 84 valence electrons. The number of hydrogen-bond donors (Lipinski definition) is 2. The van der Waals surface area contributed by atoms with Crippen LogP contribution in [0.15, 0.2) is 33.6 Å². The summed E-state index contributed by atoms with van der Waals surface area (Å²) < 4.78 is 1.96. The summed E-state index contributed by atoms with van der Waals surface area (Å²) in [7, 11) is 0. The standard InChI is InChI=1S/C10H10Br2N4/c11-7-3-8(12)9(16-4-7)5-13-6-10-14-1-2-15-10/h1-4,13H,5-6H2,(H,14,15). The fraction of sp³-hybridized carbons (Fsp3) is 0.200. The topological polar surface area (TPSA) is 53.6 Å². The number of imidazole rings is 1. The summed E-state index contributed by atoms with van der Waals surface area (Å²) in [6.07, 6.45) is 5.34. The molecule has 4 nitrogen and oxygen atoms in total. The Morgan fingerprint density at radius 2 is 2.12 bits per heavy atom. The zero-order valence-corrected chi connectivity index (χ0v) is 11.5. The van der Waals surface area contributed by atoms with Crippen molar-refractivity contribution in [1.82, 2.24) is 20.3 Å². The predicted octanol–water partition coefficient (Wildman–Crippen LogP) is 2.62. The maximum Gasteiger partial charge on any atom is 0.120 e. The van der Waals surface area contributed by atoms with Crippen LogP contribution in [0.2, 0.25) is 0 Å². The van der Waals surface area contributed by atoms with Crippen molar-refractivity contribution in [3.8, 4) is 0 Å². The summed E-state index contributed by atoms with van der Waals surface area (Å²) in [5.41, 5.74) is 0.981. The molecule has 2 aromatic heterocycles. The fourth-order valence-corrected chi connectivity index (χ4v) is 2.39. The molecule has 0 aromatic carbocycles. The quantitative estimate of drug-likeness (QED) is 0.895. The Hall–Kier alpha value is -0.720. The Morgan fingerprint density at radius 3 is 2.81 bits per heavy atom. The van der Waals surface area contributed by atoms with Crippen molar-refractivity contribution in [2.75, 3.05) is 0 Å². The van der Waals surface area contributed by atoms with Crippen molar-refractivity contribution >= 4 is 31.9 Å². The van der Waals surface area contributed by atoms with E-state index in [0.29, 0.717) is 13.1 Å². The van der Waals surface area contributed by atoms with Crippen molar-refractivity contribution in [2.24, 2.45) is 0 Å². The Morgan fingerprint density at radius 1 is 1.25 bits per heavy atom. The van der Waals surface area contributed by atoms with Crippen molar-refractivity contribution in [3.05, 3.63) is 45.1 Å². The van der Waals surface area contributed by atoms with Crippen LogP contribution in [0.25, 0.3) is 0 Å². The third kappa shape index (κ3) is 3.13. The number of aromatic amines is 1. The van der Waals surface area contributed by atoms with Crippen LogP contribution in [0.3, 0.4) is 0 Å². The van der Waals surface area contributed by atoms with Crippen LogP contribution in [0, 0.1) is 0 Å². The summed E-state index contributed by atoms with van der Waals surface area (Å²) in [6.45, 7) is 1.41. The SMILES string of the molecule is Brc1cnc(CNCc2ncc[nH]2)c(Br)c1. The normalized spacial score (nSPS) is 10.6. The molecule has 0 radical (unpaired) electrons. The fourth-order valence-electron chi connectivity index (χ4n) is 1.27. The molecular formula is C10H10Br2N4. The summed E-state index contributed by atoms with van der Waals surface area (Å²) in [5, 5.41) is 3.26. The largest absolute Gasteiger partial charge is 0.348 e. The van der Waals surface area contributed by atoms with Gasteiger partial charge in [-0.1, -0.05) is 0 Å². The zero-order chi connectivity index (χ0) is 11.4. The van der Waals surface area contributed by atoms with E-state index in [4.69, 9.17) is 0 Å². The van der Waals surface area contributed by atoms with Gasteiger partial charge in [-0.05, 0) is 37.9 Å². The van der Waals surface area contributed by atoms with E-state index in [0.717, 1.165) is 20.5 Å². The predicted molar refractivity (Wildman–Crippen MR) is 68.8 cm³/mol. The summed E-state index contributed by atoms with van der Waals surface area (Å²) >= 11 is 6.84. The van der Waals surface area contributed by atoms with E-state index in [1.807, 2.05) is 12.3 Å². The van der Waals surface area contributed by atoms with Gasteiger partial charge in [0.1, 0.15) is 5.82 Å². The van der Waals surface area contributed by atoms with Crippen LogP contribution >= 0.6 is 31.9 Å². The van der Waals surface area contributed by atoms with Gasteiger partial charge in [-0.15, -0.1) is 0 Å². The van der Waals surface area contributed by atoms with Crippen LogP contribution in [0.5, 0.6) is 0 Å². The first kappa shape index (κ1) is 11.8. The molecule has 0 aliphatic heterocycles. The second-order valence-electron chi connectivity index (χ2n) is 3.22. The molecule has 0 aliphatic rings. The highest BCUT2D eigenvalue weighted by molar-refractivity contribution is 9.11.